The van der Waals surface area contributed by atoms with Crippen LogP contribution in [0.5, 0.6) is 0 Å². The molecule has 0 aromatic carbocycles. The molecule has 2 heterocycles. The van der Waals surface area contributed by atoms with Crippen molar-refractivity contribution in [3.63, 3.8) is 0 Å². The van der Waals surface area contributed by atoms with E-state index in [1.807, 2.05) is 0 Å². The second-order valence-electron chi connectivity index (χ2n) is 7.73. The summed E-state index contributed by atoms with van der Waals surface area (Å²) in [6.07, 6.45) is -1.63. The lowest BCUT2D eigenvalue weighted by atomic mass is 10.1. The largest absolute Gasteiger partial charge is 0.490 e. The number of ether oxygens (including phenoxy) is 1. The summed E-state index contributed by atoms with van der Waals surface area (Å²) in [7, 11) is -17.0. The number of nitrogens with zero attached hydrogens (tertiary/aromatic N) is 2. The third-order valence-electron chi connectivity index (χ3n) is 4.84. The highest BCUT2D eigenvalue weighted by atomic mass is 31.3. The highest BCUT2D eigenvalue weighted by molar-refractivity contribution is 7.66. The van der Waals surface area contributed by atoms with Crippen LogP contribution in [0.15, 0.2) is 28.7 Å². The number of aromatic nitrogens is 2. The normalized spacial score (nSPS) is 33.5. The third kappa shape index (κ3) is 5.12. The van der Waals surface area contributed by atoms with Gasteiger partial charge in [-0.05, 0) is 12.0 Å². The van der Waals surface area contributed by atoms with Gasteiger partial charge in [0.15, 0.2) is 23.6 Å². The van der Waals surface area contributed by atoms with Crippen LogP contribution in [0.1, 0.15) is 20.1 Å². The zero-order valence-corrected chi connectivity index (χ0v) is 20.0. The SMILES string of the molecule is CC(C)/C=C1\[C@]2(COP(=O)(O)OP(=O)(O)OP(=O)(O)O)O[C@@H](n3ccc(N)nc3=O)[C@H](F)[C@@]12O. The molecule has 16 nitrogen and oxygen atoms in total. The number of allylic oxidation sites excluding steroid dienone is 1. The second kappa shape index (κ2) is 8.66. The number of halogens is 1. The first-order chi connectivity index (χ1) is 15.3. The Kier molecular flexibility index (Phi) is 6.95. The molecule has 1 aliphatic heterocycles. The minimum absolute atomic E-state index is 0.103. The molecule has 7 N–H and O–H groups in total. The number of alkyl halides is 1. The smallest absolute Gasteiger partial charge is 0.383 e. The number of phosphoric acid groups is 3. The lowest BCUT2D eigenvalue weighted by Gasteiger charge is -2.22. The quantitative estimate of drug-likeness (QED) is 0.176. The fraction of sp³-hybridized carbons (Fsp3) is 0.571. The minimum atomic E-state index is -5.80. The van der Waals surface area contributed by atoms with E-state index in [-0.39, 0.29) is 17.3 Å². The van der Waals surface area contributed by atoms with E-state index in [0.717, 1.165) is 12.3 Å². The molecule has 2 fully saturated rings. The van der Waals surface area contributed by atoms with Crippen LogP contribution in [0.4, 0.5) is 10.2 Å². The van der Waals surface area contributed by atoms with Gasteiger partial charge in [-0.25, -0.2) is 22.9 Å². The first kappa shape index (κ1) is 27.3. The molecule has 1 saturated heterocycles. The van der Waals surface area contributed by atoms with Gasteiger partial charge in [0.05, 0.1) is 6.61 Å². The molecule has 6 atom stereocenters. The van der Waals surface area contributed by atoms with Gasteiger partial charge in [0.2, 0.25) is 0 Å². The summed E-state index contributed by atoms with van der Waals surface area (Å²) in [5.74, 6) is -0.440. The van der Waals surface area contributed by atoms with Gasteiger partial charge in [-0.2, -0.15) is 13.6 Å². The maximum atomic E-state index is 15.4. The molecule has 0 spiro atoms. The van der Waals surface area contributed by atoms with E-state index in [0.29, 0.717) is 4.57 Å². The van der Waals surface area contributed by atoms with Crippen LogP contribution in [0.25, 0.3) is 0 Å². The van der Waals surface area contributed by atoms with Gasteiger partial charge in [0, 0.05) is 11.8 Å². The van der Waals surface area contributed by atoms with Crippen molar-refractivity contribution in [3.8, 4) is 0 Å². The summed E-state index contributed by atoms with van der Waals surface area (Å²) in [6.45, 7) is 2.19. The maximum Gasteiger partial charge on any atom is 0.490 e. The van der Waals surface area contributed by atoms with E-state index < -0.39 is 59.4 Å². The fourth-order valence-corrected chi connectivity index (χ4v) is 6.61. The number of anilines is 1. The van der Waals surface area contributed by atoms with E-state index in [4.69, 9.17) is 20.3 Å². The van der Waals surface area contributed by atoms with Crippen molar-refractivity contribution in [2.24, 2.45) is 5.92 Å². The van der Waals surface area contributed by atoms with Crippen LogP contribution in [-0.2, 0) is 31.6 Å². The molecule has 192 valence electrons. The molecule has 34 heavy (non-hydrogen) atoms. The van der Waals surface area contributed by atoms with Crippen molar-refractivity contribution < 1.29 is 60.6 Å². The molecule has 1 aliphatic carbocycles. The molecule has 1 saturated carbocycles. The highest BCUT2D eigenvalue weighted by Crippen LogP contribution is 2.71. The Bertz CT molecular complexity index is 1220. The van der Waals surface area contributed by atoms with Gasteiger partial charge < -0.3 is 35.2 Å². The van der Waals surface area contributed by atoms with Crippen molar-refractivity contribution >= 4 is 29.3 Å². The van der Waals surface area contributed by atoms with Crippen molar-refractivity contribution in [2.45, 2.75) is 37.4 Å². The molecule has 1 aromatic rings. The van der Waals surface area contributed by atoms with Crippen molar-refractivity contribution in [3.05, 3.63) is 34.4 Å². The predicted molar refractivity (Wildman–Crippen MR) is 108 cm³/mol. The lowest BCUT2D eigenvalue weighted by molar-refractivity contribution is -0.0677. The molecule has 0 amide bonds. The Hall–Kier alpha value is -1.32. The summed E-state index contributed by atoms with van der Waals surface area (Å²) in [5, 5.41) is 11.0. The van der Waals surface area contributed by atoms with Gasteiger partial charge in [-0.3, -0.25) is 9.09 Å². The van der Waals surface area contributed by atoms with E-state index >= 15 is 4.39 Å². The first-order valence-corrected chi connectivity index (χ1v) is 13.8. The maximum absolute atomic E-state index is 15.4. The van der Waals surface area contributed by atoms with E-state index in [1.54, 1.807) is 13.8 Å². The molecule has 3 rings (SSSR count). The van der Waals surface area contributed by atoms with Crippen LogP contribution in [0.3, 0.4) is 0 Å². The second-order valence-corrected chi connectivity index (χ2v) is 12.2. The number of aliphatic hydroxyl groups is 1. The van der Waals surface area contributed by atoms with Gasteiger partial charge in [-0.15, -0.1) is 0 Å². The number of fused-ring (bicyclic) bond motifs is 1. The summed E-state index contributed by atoms with van der Waals surface area (Å²) in [6, 6.07) is 1.16. The Morgan fingerprint density at radius 1 is 1.26 bits per heavy atom. The predicted octanol–water partition coefficient (Wildman–Crippen LogP) is 0.102. The fourth-order valence-electron chi connectivity index (χ4n) is 3.57. The van der Waals surface area contributed by atoms with Gasteiger partial charge in [-0.1, -0.05) is 19.9 Å². The number of hydrogen-bond donors (Lipinski definition) is 6. The Labute approximate surface area is 190 Å². The molecule has 2 aliphatic rings. The zero-order valence-electron chi connectivity index (χ0n) is 17.4. The number of nitrogens with two attached hydrogens (primary N) is 1. The van der Waals surface area contributed by atoms with Crippen LogP contribution in [-0.4, -0.2) is 58.2 Å². The van der Waals surface area contributed by atoms with E-state index in [1.165, 1.54) is 6.08 Å². The van der Waals surface area contributed by atoms with Crippen molar-refractivity contribution in [1.29, 1.82) is 0 Å². The van der Waals surface area contributed by atoms with Crippen LogP contribution in [0.2, 0.25) is 0 Å². The molecule has 2 unspecified atom stereocenters. The number of hydrogen-bond acceptors (Lipinski definition) is 11. The average Bonchev–Trinajstić information content (AvgIpc) is 3.01. The number of nitrogen functional groups attached to an aromatic ring is 1. The highest BCUT2D eigenvalue weighted by Gasteiger charge is 2.85. The van der Waals surface area contributed by atoms with Crippen LogP contribution < -0.4 is 11.4 Å². The van der Waals surface area contributed by atoms with E-state index in [2.05, 4.69) is 18.1 Å². The van der Waals surface area contributed by atoms with Crippen molar-refractivity contribution in [2.75, 3.05) is 12.3 Å². The zero-order chi connectivity index (χ0) is 25.9. The molecule has 1 aromatic heterocycles. The topological polar surface area (TPSA) is 250 Å². The Balaban J connectivity index is 1.88. The standard InChI is InChI=1S/C14H21FN3O13P3/c1-7(2)5-8-13(6-28-33(24,25)31-34(26,27)30-32(21,22)23)14(8,20)10(15)11(29-13)18-4-3-9(16)17-12(18)19/h3-5,7,10-11,20H,6H2,1-2H3,(H,24,25)(H,26,27)(H2,16,17,19)(H2,21,22,23)/b8-5+/t10-,11+,13-,14-/m0/s1. The molecular formula is C14H21FN3O13P3. The van der Waals surface area contributed by atoms with Gasteiger partial charge in [0.1, 0.15) is 5.82 Å². The van der Waals surface area contributed by atoms with Crippen LogP contribution in [0, 0.1) is 5.92 Å². The average molecular weight is 551 g/mol. The minimum Gasteiger partial charge on any atom is -0.383 e. The monoisotopic (exact) mass is 551 g/mol. The Morgan fingerprint density at radius 3 is 2.41 bits per heavy atom. The van der Waals surface area contributed by atoms with E-state index in [9.17, 15) is 33.4 Å². The van der Waals surface area contributed by atoms with Crippen molar-refractivity contribution in [1.82, 2.24) is 9.55 Å². The molecular weight excluding hydrogens is 530 g/mol. The molecule has 20 heteroatoms. The van der Waals surface area contributed by atoms with Gasteiger partial charge in [0.25, 0.3) is 0 Å². The summed E-state index contributed by atoms with van der Waals surface area (Å²) in [4.78, 5) is 51.7. The van der Waals surface area contributed by atoms with Gasteiger partial charge >= 0.3 is 29.2 Å². The first-order valence-electron chi connectivity index (χ1n) is 9.24. The Morgan fingerprint density at radius 2 is 1.88 bits per heavy atom. The summed E-state index contributed by atoms with van der Waals surface area (Å²) < 4.78 is 67.8. The number of phosphoric ester groups is 1. The third-order valence-corrected chi connectivity index (χ3v) is 8.63. The number of rotatable bonds is 9. The summed E-state index contributed by atoms with van der Waals surface area (Å²) in [5.41, 5.74) is -0.292. The summed E-state index contributed by atoms with van der Waals surface area (Å²) >= 11 is 0. The lowest BCUT2D eigenvalue weighted by Crippen LogP contribution is -2.36. The van der Waals surface area contributed by atoms with Crippen LogP contribution >= 0.6 is 23.5 Å². The molecule has 0 bridgehead atoms. The molecule has 0 radical (unpaired) electrons.